The van der Waals surface area contributed by atoms with Gasteiger partial charge in [0.15, 0.2) is 0 Å². The Bertz CT molecular complexity index is 247. The normalized spacial score (nSPS) is 34.7. The van der Waals surface area contributed by atoms with Gasteiger partial charge in [0.05, 0.1) is 12.4 Å². The summed E-state index contributed by atoms with van der Waals surface area (Å²) in [4.78, 5) is 0. The van der Waals surface area contributed by atoms with Gasteiger partial charge in [-0.1, -0.05) is 0 Å². The van der Waals surface area contributed by atoms with Gasteiger partial charge in [0.2, 0.25) is 0 Å². The van der Waals surface area contributed by atoms with Crippen molar-refractivity contribution in [2.75, 3.05) is 7.11 Å². The highest BCUT2D eigenvalue weighted by atomic mass is 16.5. The smallest absolute Gasteiger partial charge is 0.135 e. The molecule has 0 aromatic carbocycles. The van der Waals surface area contributed by atoms with Crippen molar-refractivity contribution in [1.82, 2.24) is 0 Å². The molecule has 0 radical (unpaired) electrons. The number of hydrogen-bond donors (Lipinski definition) is 1. The lowest BCUT2D eigenvalue weighted by Gasteiger charge is -2.40. The van der Waals surface area contributed by atoms with Crippen LogP contribution in [0.5, 0.6) is 0 Å². The largest absolute Gasteiger partial charge is 0.466 e. The van der Waals surface area contributed by atoms with E-state index in [-0.39, 0.29) is 6.10 Å². The van der Waals surface area contributed by atoms with Gasteiger partial charge in [-0.2, -0.15) is 0 Å². The van der Waals surface area contributed by atoms with E-state index in [2.05, 4.69) is 0 Å². The minimum absolute atomic E-state index is 0.181. The van der Waals surface area contributed by atoms with Crippen LogP contribution in [-0.4, -0.2) is 18.3 Å². The second-order valence-corrected chi connectivity index (χ2v) is 3.27. The van der Waals surface area contributed by atoms with Crippen molar-refractivity contribution in [2.45, 2.75) is 24.5 Å². The molecule has 0 atom stereocenters. The molecule has 1 aliphatic carbocycles. The number of furan rings is 1. The molecule has 2 rings (SSSR count). The zero-order chi connectivity index (χ0) is 8.60. The number of hydrogen-bond acceptors (Lipinski definition) is 3. The summed E-state index contributed by atoms with van der Waals surface area (Å²) in [5.74, 6) is 0.649. The summed E-state index contributed by atoms with van der Waals surface area (Å²) in [6.07, 6.45) is 3.03. The maximum Gasteiger partial charge on any atom is 0.135 e. The highest BCUT2D eigenvalue weighted by Gasteiger charge is 2.46. The van der Waals surface area contributed by atoms with Crippen LogP contribution in [0.25, 0.3) is 0 Å². The zero-order valence-electron chi connectivity index (χ0n) is 6.99. The van der Waals surface area contributed by atoms with Gasteiger partial charge in [0.25, 0.3) is 0 Å². The lowest BCUT2D eigenvalue weighted by molar-refractivity contribution is -0.143. The molecule has 1 fully saturated rings. The van der Waals surface area contributed by atoms with Crippen LogP contribution in [0.1, 0.15) is 18.6 Å². The minimum atomic E-state index is -0.774. The molecule has 0 amide bonds. The summed E-state index contributed by atoms with van der Waals surface area (Å²) in [5.41, 5.74) is -0.774. The van der Waals surface area contributed by atoms with Crippen molar-refractivity contribution in [2.24, 2.45) is 0 Å². The fourth-order valence-electron chi connectivity index (χ4n) is 1.60. The van der Waals surface area contributed by atoms with E-state index in [9.17, 15) is 5.11 Å². The molecule has 3 nitrogen and oxygen atoms in total. The first-order chi connectivity index (χ1) is 5.74. The quantitative estimate of drug-likeness (QED) is 0.723. The van der Waals surface area contributed by atoms with Crippen molar-refractivity contribution in [3.8, 4) is 0 Å². The Kier molecular flexibility index (Phi) is 1.70. The van der Waals surface area contributed by atoms with Crippen LogP contribution in [-0.2, 0) is 10.3 Å². The average molecular weight is 168 g/mol. The third kappa shape index (κ3) is 1.06. The molecule has 0 spiro atoms. The predicted octanol–water partition coefficient (Wildman–Crippen LogP) is 1.28. The second kappa shape index (κ2) is 2.61. The Balaban J connectivity index is 2.07. The summed E-state index contributed by atoms with van der Waals surface area (Å²) in [6, 6.07) is 3.58. The monoisotopic (exact) mass is 168 g/mol. The van der Waals surface area contributed by atoms with Crippen molar-refractivity contribution >= 4 is 0 Å². The Labute approximate surface area is 71.0 Å². The van der Waals surface area contributed by atoms with Crippen LogP contribution in [0.4, 0.5) is 0 Å². The molecule has 12 heavy (non-hydrogen) atoms. The Morgan fingerprint density at radius 2 is 2.42 bits per heavy atom. The molecule has 1 heterocycles. The third-order valence-electron chi connectivity index (χ3n) is 2.44. The van der Waals surface area contributed by atoms with Gasteiger partial charge in [-0.15, -0.1) is 0 Å². The standard InChI is InChI=1S/C9H12O3/c1-11-7-5-9(10,6-7)8-3-2-4-12-8/h2-4,7,10H,5-6H2,1H3. The fraction of sp³-hybridized carbons (Fsp3) is 0.556. The SMILES string of the molecule is COC1CC(O)(c2ccco2)C1. The van der Waals surface area contributed by atoms with Gasteiger partial charge in [-0.05, 0) is 12.1 Å². The Hall–Kier alpha value is -0.800. The molecular weight excluding hydrogens is 156 g/mol. The Morgan fingerprint density at radius 1 is 1.67 bits per heavy atom. The molecule has 1 aromatic heterocycles. The minimum Gasteiger partial charge on any atom is -0.466 e. The van der Waals surface area contributed by atoms with Crippen LogP contribution in [0.2, 0.25) is 0 Å². The second-order valence-electron chi connectivity index (χ2n) is 3.27. The molecule has 3 heteroatoms. The lowest BCUT2D eigenvalue weighted by Crippen LogP contribution is -2.45. The van der Waals surface area contributed by atoms with E-state index in [4.69, 9.17) is 9.15 Å². The van der Waals surface area contributed by atoms with Crippen LogP contribution in [0.15, 0.2) is 22.8 Å². The molecular formula is C9H12O3. The number of methoxy groups -OCH3 is 1. The van der Waals surface area contributed by atoms with E-state index >= 15 is 0 Å². The molecule has 0 saturated heterocycles. The molecule has 0 unspecified atom stereocenters. The molecule has 1 aliphatic rings. The van der Waals surface area contributed by atoms with Gasteiger partial charge in [-0.25, -0.2) is 0 Å². The molecule has 0 aliphatic heterocycles. The first kappa shape index (κ1) is 7.83. The summed E-state index contributed by atoms with van der Waals surface area (Å²) in [7, 11) is 1.66. The predicted molar refractivity (Wildman–Crippen MR) is 42.6 cm³/mol. The van der Waals surface area contributed by atoms with Crippen molar-refractivity contribution < 1.29 is 14.3 Å². The van der Waals surface area contributed by atoms with Crippen LogP contribution in [0.3, 0.4) is 0 Å². The van der Waals surface area contributed by atoms with Crippen molar-refractivity contribution in [1.29, 1.82) is 0 Å². The summed E-state index contributed by atoms with van der Waals surface area (Å²) in [5, 5.41) is 9.90. The first-order valence-corrected chi connectivity index (χ1v) is 4.04. The van der Waals surface area contributed by atoms with E-state index in [1.165, 1.54) is 0 Å². The van der Waals surface area contributed by atoms with Crippen LogP contribution in [0, 0.1) is 0 Å². The highest BCUT2D eigenvalue weighted by Crippen LogP contribution is 2.42. The first-order valence-electron chi connectivity index (χ1n) is 4.04. The van der Waals surface area contributed by atoms with E-state index in [0.717, 1.165) is 0 Å². The third-order valence-corrected chi connectivity index (χ3v) is 2.44. The molecule has 1 N–H and O–H groups in total. The Morgan fingerprint density at radius 3 is 2.92 bits per heavy atom. The average Bonchev–Trinajstić information content (AvgIpc) is 2.50. The van der Waals surface area contributed by atoms with Gasteiger partial charge < -0.3 is 14.3 Å². The maximum atomic E-state index is 9.90. The van der Waals surface area contributed by atoms with Gasteiger partial charge in [0, 0.05) is 20.0 Å². The summed E-state index contributed by atoms with van der Waals surface area (Å²) >= 11 is 0. The number of aliphatic hydroxyl groups is 1. The topological polar surface area (TPSA) is 42.6 Å². The lowest BCUT2D eigenvalue weighted by atomic mass is 9.76. The van der Waals surface area contributed by atoms with Crippen LogP contribution >= 0.6 is 0 Å². The maximum absolute atomic E-state index is 9.90. The van der Waals surface area contributed by atoms with Gasteiger partial charge in [0.1, 0.15) is 11.4 Å². The van der Waals surface area contributed by atoms with E-state index in [0.29, 0.717) is 18.6 Å². The van der Waals surface area contributed by atoms with Gasteiger partial charge >= 0.3 is 0 Å². The fourth-order valence-corrected chi connectivity index (χ4v) is 1.60. The molecule has 0 bridgehead atoms. The summed E-state index contributed by atoms with van der Waals surface area (Å²) < 4.78 is 10.2. The zero-order valence-corrected chi connectivity index (χ0v) is 6.99. The van der Waals surface area contributed by atoms with Crippen LogP contribution < -0.4 is 0 Å². The molecule has 1 saturated carbocycles. The molecule has 1 aromatic rings. The van der Waals surface area contributed by atoms with E-state index < -0.39 is 5.60 Å². The summed E-state index contributed by atoms with van der Waals surface area (Å²) in [6.45, 7) is 0. The number of rotatable bonds is 2. The van der Waals surface area contributed by atoms with E-state index in [1.54, 1.807) is 25.5 Å². The van der Waals surface area contributed by atoms with Crippen molar-refractivity contribution in [3.05, 3.63) is 24.2 Å². The number of ether oxygens (including phenoxy) is 1. The molecule has 66 valence electrons. The van der Waals surface area contributed by atoms with Gasteiger partial charge in [-0.3, -0.25) is 0 Å². The van der Waals surface area contributed by atoms with E-state index in [1.807, 2.05) is 0 Å². The van der Waals surface area contributed by atoms with Crippen molar-refractivity contribution in [3.63, 3.8) is 0 Å². The highest BCUT2D eigenvalue weighted by molar-refractivity contribution is 5.14.